The number of carbonyl (C=O) groups excluding carboxylic acids is 1. The van der Waals surface area contributed by atoms with Gasteiger partial charge >= 0.3 is 0 Å². The molecular weight excluding hydrogens is 224 g/mol. The molecule has 0 aromatic carbocycles. The smallest absolute Gasteiger partial charge is 0.263 e. The quantitative estimate of drug-likeness (QED) is 0.827. The molecule has 7 nitrogen and oxygen atoms in total. The normalized spacial score (nSPS) is 10.2. The van der Waals surface area contributed by atoms with Crippen LogP contribution in [0.15, 0.2) is 16.7 Å². The number of anilines is 1. The number of carbonyl (C=O) groups is 1. The molecular formula is C10H12N4O3. The number of aryl methyl sites for hydroxylation is 2. The first kappa shape index (κ1) is 11.2. The minimum Gasteiger partial charge on any atom is -0.465 e. The van der Waals surface area contributed by atoms with Crippen molar-refractivity contribution in [3.8, 4) is 5.88 Å². The fraction of sp³-hybridized carbons (Fsp3) is 0.300. The van der Waals surface area contributed by atoms with Crippen molar-refractivity contribution in [1.82, 2.24) is 15.4 Å². The maximum Gasteiger partial charge on any atom is 0.263 e. The van der Waals surface area contributed by atoms with E-state index in [0.717, 1.165) is 5.69 Å². The van der Waals surface area contributed by atoms with E-state index in [1.54, 1.807) is 19.1 Å². The molecule has 2 rings (SSSR count). The van der Waals surface area contributed by atoms with Crippen LogP contribution < -0.4 is 10.1 Å². The van der Waals surface area contributed by atoms with Gasteiger partial charge in [0.2, 0.25) is 0 Å². The van der Waals surface area contributed by atoms with E-state index >= 15 is 0 Å². The lowest BCUT2D eigenvalue weighted by Crippen LogP contribution is -2.20. The fourth-order valence-corrected chi connectivity index (χ4v) is 1.21. The molecule has 7 heteroatoms. The van der Waals surface area contributed by atoms with Crippen molar-refractivity contribution < 1.29 is 14.1 Å². The van der Waals surface area contributed by atoms with Crippen molar-refractivity contribution in [1.29, 1.82) is 0 Å². The zero-order chi connectivity index (χ0) is 12.3. The molecule has 0 aliphatic carbocycles. The molecule has 0 radical (unpaired) electrons. The van der Waals surface area contributed by atoms with Gasteiger partial charge in [0, 0.05) is 17.8 Å². The van der Waals surface area contributed by atoms with Crippen LogP contribution in [0.3, 0.4) is 0 Å². The fourth-order valence-electron chi connectivity index (χ4n) is 1.21. The first-order valence-electron chi connectivity index (χ1n) is 5.01. The van der Waals surface area contributed by atoms with Crippen LogP contribution in [0.4, 0.5) is 5.82 Å². The van der Waals surface area contributed by atoms with Crippen molar-refractivity contribution >= 4 is 11.7 Å². The standard InChI is InChI=1S/C10H12N4O3/c1-6-3-8(13-12-6)11-9(15)5-16-10-4-7(2)17-14-10/h3-4H,5H2,1-2H3,(H2,11,12,13,15). The molecule has 0 spiro atoms. The van der Waals surface area contributed by atoms with Crippen LogP contribution in [0.2, 0.25) is 0 Å². The third-order valence-corrected chi connectivity index (χ3v) is 1.93. The lowest BCUT2D eigenvalue weighted by Gasteiger charge is -2.01. The number of rotatable bonds is 4. The Kier molecular flexibility index (Phi) is 3.08. The summed E-state index contributed by atoms with van der Waals surface area (Å²) in [4.78, 5) is 11.5. The molecule has 0 bridgehead atoms. The summed E-state index contributed by atoms with van der Waals surface area (Å²) in [7, 11) is 0. The third-order valence-electron chi connectivity index (χ3n) is 1.93. The van der Waals surface area contributed by atoms with E-state index in [1.165, 1.54) is 0 Å². The molecule has 0 aliphatic heterocycles. The second kappa shape index (κ2) is 4.69. The van der Waals surface area contributed by atoms with Crippen LogP contribution >= 0.6 is 0 Å². The number of ether oxygens (including phenoxy) is 1. The Morgan fingerprint density at radius 1 is 1.53 bits per heavy atom. The molecule has 90 valence electrons. The Bertz CT molecular complexity index is 517. The zero-order valence-corrected chi connectivity index (χ0v) is 9.48. The van der Waals surface area contributed by atoms with E-state index < -0.39 is 0 Å². The Balaban J connectivity index is 1.82. The number of hydrogen-bond acceptors (Lipinski definition) is 5. The van der Waals surface area contributed by atoms with Gasteiger partial charge in [0.15, 0.2) is 12.4 Å². The van der Waals surface area contributed by atoms with E-state index in [1.807, 2.05) is 6.92 Å². The average Bonchev–Trinajstić information content (AvgIpc) is 2.85. The van der Waals surface area contributed by atoms with E-state index in [4.69, 9.17) is 9.26 Å². The van der Waals surface area contributed by atoms with E-state index in [9.17, 15) is 4.79 Å². The summed E-state index contributed by atoms with van der Waals surface area (Å²) in [6.45, 7) is 3.45. The molecule has 0 aliphatic rings. The number of aromatic nitrogens is 3. The van der Waals surface area contributed by atoms with E-state index in [2.05, 4.69) is 20.7 Å². The van der Waals surface area contributed by atoms with Gasteiger partial charge in [-0.25, -0.2) is 0 Å². The van der Waals surface area contributed by atoms with Gasteiger partial charge in [0.1, 0.15) is 5.76 Å². The summed E-state index contributed by atoms with van der Waals surface area (Å²) in [5.74, 6) is 1.07. The lowest BCUT2D eigenvalue weighted by molar-refractivity contribution is -0.118. The molecule has 0 saturated carbocycles. The van der Waals surface area contributed by atoms with Gasteiger partial charge < -0.3 is 14.6 Å². The topological polar surface area (TPSA) is 93.0 Å². The molecule has 1 amide bonds. The molecule has 2 aromatic rings. The second-order valence-corrected chi connectivity index (χ2v) is 3.55. The SMILES string of the molecule is Cc1cc(NC(=O)COc2cc(C)on2)n[nH]1. The summed E-state index contributed by atoms with van der Waals surface area (Å²) >= 11 is 0. The molecule has 2 N–H and O–H groups in total. The Morgan fingerprint density at radius 2 is 2.35 bits per heavy atom. The Hall–Kier alpha value is -2.31. The van der Waals surface area contributed by atoms with Crippen LogP contribution in [0.5, 0.6) is 5.88 Å². The lowest BCUT2D eigenvalue weighted by atomic mass is 10.4. The molecule has 0 saturated heterocycles. The molecule has 0 unspecified atom stereocenters. The number of hydrogen-bond donors (Lipinski definition) is 2. The van der Waals surface area contributed by atoms with Crippen LogP contribution in [-0.2, 0) is 4.79 Å². The minimum absolute atomic E-state index is 0.141. The van der Waals surface area contributed by atoms with Gasteiger partial charge in [-0.2, -0.15) is 5.10 Å². The number of H-pyrrole nitrogens is 1. The Labute approximate surface area is 97.1 Å². The zero-order valence-electron chi connectivity index (χ0n) is 9.48. The predicted octanol–water partition coefficient (Wildman–Crippen LogP) is 1.03. The summed E-state index contributed by atoms with van der Waals surface area (Å²) in [5, 5.41) is 12.8. The molecule has 2 aromatic heterocycles. The van der Waals surface area contributed by atoms with Crippen LogP contribution in [0, 0.1) is 13.8 Å². The van der Waals surface area contributed by atoms with Crippen LogP contribution in [-0.4, -0.2) is 27.9 Å². The van der Waals surface area contributed by atoms with Crippen molar-refractivity contribution in [2.45, 2.75) is 13.8 Å². The van der Waals surface area contributed by atoms with Gasteiger partial charge in [-0.05, 0) is 19.0 Å². The molecule has 0 atom stereocenters. The molecule has 17 heavy (non-hydrogen) atoms. The number of aromatic amines is 1. The highest BCUT2D eigenvalue weighted by Crippen LogP contribution is 2.09. The molecule has 0 fully saturated rings. The maximum atomic E-state index is 11.5. The van der Waals surface area contributed by atoms with Gasteiger partial charge in [-0.15, -0.1) is 0 Å². The summed E-state index contributed by atoms with van der Waals surface area (Å²) in [6.07, 6.45) is 0. The average molecular weight is 236 g/mol. The highest BCUT2D eigenvalue weighted by atomic mass is 16.5. The van der Waals surface area contributed by atoms with Gasteiger partial charge in [-0.1, -0.05) is 0 Å². The highest BCUT2D eigenvalue weighted by Gasteiger charge is 2.07. The number of nitrogens with zero attached hydrogens (tertiary/aromatic N) is 2. The van der Waals surface area contributed by atoms with Gasteiger partial charge in [-0.3, -0.25) is 9.89 Å². The van der Waals surface area contributed by atoms with Crippen molar-refractivity contribution in [2.75, 3.05) is 11.9 Å². The van der Waals surface area contributed by atoms with Crippen LogP contribution in [0.25, 0.3) is 0 Å². The van der Waals surface area contributed by atoms with Crippen molar-refractivity contribution in [3.05, 3.63) is 23.6 Å². The van der Waals surface area contributed by atoms with Crippen LogP contribution in [0.1, 0.15) is 11.5 Å². The van der Waals surface area contributed by atoms with Crippen molar-refractivity contribution in [3.63, 3.8) is 0 Å². The largest absolute Gasteiger partial charge is 0.465 e. The summed E-state index contributed by atoms with van der Waals surface area (Å²) in [5.41, 5.74) is 0.869. The number of nitrogens with one attached hydrogen (secondary N) is 2. The first-order chi connectivity index (χ1) is 8.13. The Morgan fingerprint density at radius 3 is 2.94 bits per heavy atom. The third kappa shape index (κ3) is 3.07. The summed E-state index contributed by atoms with van der Waals surface area (Å²) in [6, 6.07) is 3.32. The van der Waals surface area contributed by atoms with Crippen molar-refractivity contribution in [2.24, 2.45) is 0 Å². The summed E-state index contributed by atoms with van der Waals surface area (Å²) < 4.78 is 9.91. The van der Waals surface area contributed by atoms with Gasteiger partial charge in [0.25, 0.3) is 11.8 Å². The monoisotopic (exact) mass is 236 g/mol. The second-order valence-electron chi connectivity index (χ2n) is 3.55. The highest BCUT2D eigenvalue weighted by molar-refractivity contribution is 5.90. The number of amides is 1. The molecule has 2 heterocycles. The van der Waals surface area contributed by atoms with E-state index in [-0.39, 0.29) is 18.4 Å². The first-order valence-corrected chi connectivity index (χ1v) is 5.01. The maximum absolute atomic E-state index is 11.5. The minimum atomic E-state index is -0.308. The van der Waals surface area contributed by atoms with E-state index in [0.29, 0.717) is 11.6 Å². The predicted molar refractivity (Wildman–Crippen MR) is 58.7 cm³/mol. The van der Waals surface area contributed by atoms with Gasteiger partial charge in [0.05, 0.1) is 0 Å².